The predicted molar refractivity (Wildman–Crippen MR) is 95.3 cm³/mol. The van der Waals surface area contributed by atoms with Gasteiger partial charge >= 0.3 is 0 Å². The molecule has 3 nitrogen and oxygen atoms in total. The molecule has 3 heteroatoms. The van der Waals surface area contributed by atoms with Gasteiger partial charge in [-0.15, -0.1) is 6.58 Å². The highest BCUT2D eigenvalue weighted by Gasteiger charge is 2.49. The molecule has 2 N–H and O–H groups in total. The Kier molecular flexibility index (Phi) is 5.12. The Bertz CT molecular complexity index is 543. The van der Waals surface area contributed by atoms with Gasteiger partial charge in [-0.1, -0.05) is 44.1 Å². The summed E-state index contributed by atoms with van der Waals surface area (Å²) in [4.78, 5) is 12.1. The number of hydrogen-bond donors (Lipinski definition) is 2. The molecule has 0 bridgehead atoms. The fraction of sp³-hybridized carbons (Fsp3) is 0.667. The first kappa shape index (κ1) is 17.6. The first-order valence-electron chi connectivity index (χ1n) is 9.39. The first-order chi connectivity index (χ1) is 11.5. The summed E-state index contributed by atoms with van der Waals surface area (Å²) in [7, 11) is 0. The Morgan fingerprint density at radius 2 is 1.96 bits per heavy atom. The van der Waals surface area contributed by atoms with Crippen molar-refractivity contribution >= 4 is 5.78 Å². The molecule has 3 rings (SSSR count). The van der Waals surface area contributed by atoms with Gasteiger partial charge in [-0.3, -0.25) is 4.79 Å². The van der Waals surface area contributed by atoms with E-state index in [-0.39, 0.29) is 29.5 Å². The molecule has 3 aliphatic rings. The highest BCUT2D eigenvalue weighted by atomic mass is 16.3. The van der Waals surface area contributed by atoms with Gasteiger partial charge in [0.05, 0.1) is 11.7 Å². The summed E-state index contributed by atoms with van der Waals surface area (Å²) in [5.41, 5.74) is -0.144. The van der Waals surface area contributed by atoms with Gasteiger partial charge in [-0.2, -0.15) is 0 Å². The highest BCUT2D eigenvalue weighted by molar-refractivity contribution is 5.99. The van der Waals surface area contributed by atoms with E-state index in [1.807, 2.05) is 12.2 Å². The minimum Gasteiger partial charge on any atom is -0.392 e. The maximum absolute atomic E-state index is 12.1. The van der Waals surface area contributed by atoms with Crippen LogP contribution in [0.3, 0.4) is 0 Å². The Hall–Kier alpha value is -1.19. The molecular formula is C21H30O3. The molecule has 1 unspecified atom stereocenters. The van der Waals surface area contributed by atoms with Gasteiger partial charge in [0.2, 0.25) is 0 Å². The number of hydrogen-bond acceptors (Lipinski definition) is 3. The van der Waals surface area contributed by atoms with Gasteiger partial charge in [0.1, 0.15) is 0 Å². The zero-order valence-electron chi connectivity index (χ0n) is 14.5. The molecule has 0 aromatic carbocycles. The number of aliphatic hydroxyl groups is 2. The summed E-state index contributed by atoms with van der Waals surface area (Å²) in [5.74, 6) is 0.544. The number of Topliss-reactive ketones (excluding diaryl/α,β-unsaturated/α-hetero) is 1. The van der Waals surface area contributed by atoms with E-state index < -0.39 is 11.7 Å². The van der Waals surface area contributed by atoms with E-state index in [2.05, 4.69) is 13.2 Å². The number of carbonyl (C=O) groups is 1. The molecule has 0 amide bonds. The summed E-state index contributed by atoms with van der Waals surface area (Å²) in [6.45, 7) is 7.72. The largest absolute Gasteiger partial charge is 0.392 e. The fourth-order valence-corrected chi connectivity index (χ4v) is 5.08. The molecule has 5 atom stereocenters. The van der Waals surface area contributed by atoms with Crippen LogP contribution in [0.15, 0.2) is 37.0 Å². The van der Waals surface area contributed by atoms with Crippen LogP contribution in [0.25, 0.3) is 0 Å². The maximum atomic E-state index is 12.1. The van der Waals surface area contributed by atoms with Gasteiger partial charge in [-0.25, -0.2) is 0 Å². The van der Waals surface area contributed by atoms with Crippen LogP contribution in [0.1, 0.15) is 51.4 Å². The first-order valence-corrected chi connectivity index (χ1v) is 9.39. The second-order valence-corrected chi connectivity index (χ2v) is 7.99. The van der Waals surface area contributed by atoms with Crippen molar-refractivity contribution in [3.63, 3.8) is 0 Å². The molecule has 3 fully saturated rings. The molecule has 0 spiro atoms. The van der Waals surface area contributed by atoms with E-state index in [4.69, 9.17) is 0 Å². The lowest BCUT2D eigenvalue weighted by Gasteiger charge is -2.35. The third kappa shape index (κ3) is 3.16. The molecule has 24 heavy (non-hydrogen) atoms. The lowest BCUT2D eigenvalue weighted by Crippen LogP contribution is -2.36. The van der Waals surface area contributed by atoms with Crippen molar-refractivity contribution in [2.75, 3.05) is 0 Å². The third-order valence-corrected chi connectivity index (χ3v) is 6.59. The molecule has 0 heterocycles. The van der Waals surface area contributed by atoms with Crippen molar-refractivity contribution in [3.05, 3.63) is 37.0 Å². The van der Waals surface area contributed by atoms with Crippen LogP contribution >= 0.6 is 0 Å². The number of rotatable bonds is 5. The quantitative estimate of drug-likeness (QED) is 0.598. The van der Waals surface area contributed by atoms with Crippen LogP contribution in [0, 0.1) is 23.7 Å². The fourth-order valence-electron chi connectivity index (χ4n) is 5.08. The van der Waals surface area contributed by atoms with Crippen LogP contribution in [-0.2, 0) is 4.79 Å². The average Bonchev–Trinajstić information content (AvgIpc) is 3.04. The average molecular weight is 330 g/mol. The SMILES string of the molecule is C=CC(O)(C/C=C/[C@H]1[C@@H]2CC(=C)C(=O)[C@H]2C[C@H]1O)C1CCCCC1. The summed E-state index contributed by atoms with van der Waals surface area (Å²) >= 11 is 0. The van der Waals surface area contributed by atoms with Crippen molar-refractivity contribution in [3.8, 4) is 0 Å². The van der Waals surface area contributed by atoms with Gasteiger partial charge in [-0.05, 0) is 49.5 Å². The topological polar surface area (TPSA) is 57.5 Å². The number of ketones is 1. The normalized spacial score (nSPS) is 36.9. The van der Waals surface area contributed by atoms with E-state index in [9.17, 15) is 15.0 Å². The van der Waals surface area contributed by atoms with E-state index in [1.165, 1.54) is 19.3 Å². The smallest absolute Gasteiger partial charge is 0.161 e. The highest BCUT2D eigenvalue weighted by Crippen LogP contribution is 2.48. The molecule has 132 valence electrons. The standard InChI is InChI=1S/C21H30O3/c1-3-21(24,15-8-5-4-6-9-15)11-7-10-16-17-12-14(2)20(23)18(17)13-19(16)22/h3,7,10,15-19,22,24H,1-2,4-6,8-9,11-13H2/b10-7+/t16-,17-,18-,19+,21?/m0/s1. The van der Waals surface area contributed by atoms with Crippen LogP contribution < -0.4 is 0 Å². The second kappa shape index (κ2) is 6.97. The van der Waals surface area contributed by atoms with Crippen LogP contribution in [0.5, 0.6) is 0 Å². The van der Waals surface area contributed by atoms with Crippen LogP contribution in [-0.4, -0.2) is 27.7 Å². The number of allylic oxidation sites excluding steroid dienone is 1. The molecule has 0 aromatic rings. The van der Waals surface area contributed by atoms with Crippen molar-refractivity contribution in [1.29, 1.82) is 0 Å². The lowest BCUT2D eigenvalue weighted by molar-refractivity contribution is -0.118. The second-order valence-electron chi connectivity index (χ2n) is 7.99. The Labute approximate surface area is 145 Å². The number of aliphatic hydroxyl groups excluding tert-OH is 1. The molecule has 3 saturated carbocycles. The van der Waals surface area contributed by atoms with Gasteiger partial charge in [0, 0.05) is 11.8 Å². The third-order valence-electron chi connectivity index (χ3n) is 6.59. The monoisotopic (exact) mass is 330 g/mol. The van der Waals surface area contributed by atoms with Gasteiger partial charge < -0.3 is 10.2 Å². The summed E-state index contributed by atoms with van der Waals surface area (Å²) < 4.78 is 0. The Morgan fingerprint density at radius 1 is 1.25 bits per heavy atom. The zero-order valence-corrected chi connectivity index (χ0v) is 14.5. The minimum absolute atomic E-state index is 0.00128. The number of fused-ring (bicyclic) bond motifs is 1. The van der Waals surface area contributed by atoms with Gasteiger partial charge in [0.15, 0.2) is 5.78 Å². The molecule has 0 aromatic heterocycles. The summed E-state index contributed by atoms with van der Waals surface area (Å²) in [5, 5.41) is 21.3. The summed E-state index contributed by atoms with van der Waals surface area (Å²) in [6, 6.07) is 0. The van der Waals surface area contributed by atoms with E-state index in [0.717, 1.165) is 12.8 Å². The minimum atomic E-state index is -0.852. The predicted octanol–water partition coefficient (Wildman–Crippen LogP) is 3.57. The van der Waals surface area contributed by atoms with E-state index in [0.29, 0.717) is 24.8 Å². The van der Waals surface area contributed by atoms with Crippen LogP contribution in [0.4, 0.5) is 0 Å². The Balaban J connectivity index is 1.65. The van der Waals surface area contributed by atoms with Gasteiger partial charge in [0.25, 0.3) is 0 Å². The summed E-state index contributed by atoms with van der Waals surface area (Å²) in [6.07, 6.45) is 12.8. The zero-order chi connectivity index (χ0) is 17.3. The van der Waals surface area contributed by atoms with Crippen LogP contribution in [0.2, 0.25) is 0 Å². The van der Waals surface area contributed by atoms with E-state index in [1.54, 1.807) is 6.08 Å². The van der Waals surface area contributed by atoms with Crippen molar-refractivity contribution in [1.82, 2.24) is 0 Å². The molecule has 3 aliphatic carbocycles. The molecule has 0 saturated heterocycles. The molecule has 0 radical (unpaired) electrons. The number of carbonyl (C=O) groups excluding carboxylic acids is 1. The van der Waals surface area contributed by atoms with Crippen molar-refractivity contribution in [2.45, 2.75) is 63.1 Å². The Morgan fingerprint density at radius 3 is 2.62 bits per heavy atom. The molecule has 0 aliphatic heterocycles. The van der Waals surface area contributed by atoms with E-state index >= 15 is 0 Å². The van der Waals surface area contributed by atoms with Crippen molar-refractivity contribution < 1.29 is 15.0 Å². The maximum Gasteiger partial charge on any atom is 0.161 e. The lowest BCUT2D eigenvalue weighted by atomic mass is 9.75. The van der Waals surface area contributed by atoms with Crippen molar-refractivity contribution in [2.24, 2.45) is 23.7 Å². The molecular weight excluding hydrogens is 300 g/mol.